The number of nitrogens with one attached hydrogen (secondary N) is 2. The summed E-state index contributed by atoms with van der Waals surface area (Å²) in [6.45, 7) is 5.95. The number of hydrogen-bond acceptors (Lipinski definition) is 6. The van der Waals surface area contributed by atoms with Crippen molar-refractivity contribution in [1.29, 1.82) is 0 Å². The molecule has 0 radical (unpaired) electrons. The second kappa shape index (κ2) is 9.50. The number of thiophene rings is 1. The number of carbonyl (C=O) groups is 1. The third-order valence-corrected chi connectivity index (χ3v) is 9.40. The molecule has 0 fully saturated rings. The number of aromatic nitrogens is 1. The first-order valence-corrected chi connectivity index (χ1v) is 14.3. The number of fused-ring (bicyclic) bond motifs is 1. The van der Waals surface area contributed by atoms with Crippen LogP contribution in [-0.4, -0.2) is 19.3 Å². The first-order valence-electron chi connectivity index (χ1n) is 11.2. The van der Waals surface area contributed by atoms with Crippen molar-refractivity contribution >= 4 is 59.5 Å². The summed E-state index contributed by atoms with van der Waals surface area (Å²) in [6.07, 6.45) is 0. The summed E-state index contributed by atoms with van der Waals surface area (Å²) >= 11 is 3.09. The lowest BCUT2D eigenvalue weighted by Crippen LogP contribution is -2.15. The normalized spacial score (nSPS) is 11.5. The quantitative estimate of drug-likeness (QED) is 0.246. The van der Waals surface area contributed by atoms with E-state index in [1.165, 1.54) is 17.4 Å². The molecule has 0 saturated carbocycles. The lowest BCUT2D eigenvalue weighted by Gasteiger charge is -2.10. The Morgan fingerprint density at radius 3 is 2.39 bits per heavy atom. The Bertz CT molecular complexity index is 1670. The Balaban J connectivity index is 1.41. The maximum absolute atomic E-state index is 13.2. The molecule has 0 bridgehead atoms. The minimum Gasteiger partial charge on any atom is -0.313 e. The summed E-state index contributed by atoms with van der Waals surface area (Å²) in [5.74, 6) is -0.324. The van der Waals surface area contributed by atoms with Gasteiger partial charge in [0.1, 0.15) is 10.0 Å². The Hall–Kier alpha value is -3.53. The lowest BCUT2D eigenvalue weighted by molar-refractivity contribution is 0.102. The number of rotatable bonds is 6. The van der Waals surface area contributed by atoms with Gasteiger partial charge in [0.25, 0.3) is 15.9 Å². The Labute approximate surface area is 217 Å². The summed E-state index contributed by atoms with van der Waals surface area (Å²) in [7, 11) is -3.78. The predicted octanol–water partition coefficient (Wildman–Crippen LogP) is 7.00. The number of nitrogens with zero attached hydrogens (tertiary/aromatic N) is 1. The molecule has 6 nitrogen and oxygen atoms in total. The van der Waals surface area contributed by atoms with Gasteiger partial charge in [-0.05, 0) is 68.8 Å². The summed E-state index contributed by atoms with van der Waals surface area (Å²) in [6, 6.07) is 21.0. The standard InChI is InChI=1S/C27H23N3O3S3/c1-16-11-13-21(14-12-16)36(32,33)30-20-8-6-7-19(15-20)25(31)29-27-24(17(2)18(3)34-27)26-28-22-9-4-5-10-23(22)35-26/h4-15,30H,1-3H3,(H,29,31). The number of carbonyl (C=O) groups excluding carboxylic acids is 1. The van der Waals surface area contributed by atoms with Crippen LogP contribution >= 0.6 is 22.7 Å². The van der Waals surface area contributed by atoms with Crippen LogP contribution in [0.1, 0.15) is 26.4 Å². The molecule has 2 heterocycles. The Morgan fingerprint density at radius 2 is 1.64 bits per heavy atom. The van der Waals surface area contributed by atoms with Crippen molar-refractivity contribution in [2.45, 2.75) is 25.7 Å². The highest BCUT2D eigenvalue weighted by atomic mass is 32.2. The summed E-state index contributed by atoms with van der Waals surface area (Å²) in [4.78, 5) is 19.3. The van der Waals surface area contributed by atoms with Crippen LogP contribution in [-0.2, 0) is 10.0 Å². The van der Waals surface area contributed by atoms with Crippen molar-refractivity contribution in [2.24, 2.45) is 0 Å². The third kappa shape index (κ3) is 4.77. The maximum atomic E-state index is 13.2. The van der Waals surface area contributed by atoms with E-state index in [1.807, 2.05) is 45.0 Å². The first kappa shape index (κ1) is 24.2. The molecule has 0 saturated heterocycles. The van der Waals surface area contributed by atoms with Crippen molar-refractivity contribution in [3.8, 4) is 10.6 Å². The summed E-state index contributed by atoms with van der Waals surface area (Å²) < 4.78 is 29.2. The van der Waals surface area contributed by atoms with Gasteiger partial charge in [-0.25, -0.2) is 13.4 Å². The number of amides is 1. The first-order chi connectivity index (χ1) is 17.2. The van der Waals surface area contributed by atoms with Gasteiger partial charge in [0.2, 0.25) is 0 Å². The predicted molar refractivity (Wildman–Crippen MR) is 149 cm³/mol. The number of hydrogen-bond donors (Lipinski definition) is 2. The van der Waals surface area contributed by atoms with Crippen molar-refractivity contribution in [1.82, 2.24) is 4.98 Å². The summed E-state index contributed by atoms with van der Waals surface area (Å²) in [5.41, 5.74) is 4.55. The van der Waals surface area contributed by atoms with Crippen LogP contribution in [0.4, 0.5) is 10.7 Å². The molecule has 1 amide bonds. The van der Waals surface area contributed by atoms with Crippen LogP contribution in [0.15, 0.2) is 77.7 Å². The molecular weight excluding hydrogens is 511 g/mol. The van der Waals surface area contributed by atoms with E-state index in [4.69, 9.17) is 4.98 Å². The van der Waals surface area contributed by atoms with Crippen molar-refractivity contribution in [3.63, 3.8) is 0 Å². The van der Waals surface area contributed by atoms with Crippen LogP contribution in [0, 0.1) is 20.8 Å². The largest absolute Gasteiger partial charge is 0.313 e. The van der Waals surface area contributed by atoms with Gasteiger partial charge in [-0.1, -0.05) is 35.9 Å². The third-order valence-electron chi connectivity index (χ3n) is 5.83. The molecule has 9 heteroatoms. The fourth-order valence-electron chi connectivity index (χ4n) is 3.78. The van der Waals surface area contributed by atoms with E-state index in [2.05, 4.69) is 10.0 Å². The number of para-hydroxylation sites is 1. The topological polar surface area (TPSA) is 88.2 Å². The van der Waals surface area contributed by atoms with E-state index in [0.717, 1.165) is 41.8 Å². The van der Waals surface area contributed by atoms with Crippen LogP contribution in [0.3, 0.4) is 0 Å². The minimum absolute atomic E-state index is 0.160. The number of aryl methyl sites for hydroxylation is 2. The molecular formula is C27H23N3O3S3. The highest BCUT2D eigenvalue weighted by Crippen LogP contribution is 2.43. The highest BCUT2D eigenvalue weighted by molar-refractivity contribution is 7.92. The SMILES string of the molecule is Cc1ccc(S(=O)(=O)Nc2cccc(C(=O)Nc3sc(C)c(C)c3-c3nc4ccccc4s3)c2)cc1. The van der Waals surface area contributed by atoms with Gasteiger partial charge in [-0.2, -0.15) is 0 Å². The zero-order chi connectivity index (χ0) is 25.4. The van der Waals surface area contributed by atoms with Crippen LogP contribution < -0.4 is 10.0 Å². The molecule has 0 aliphatic carbocycles. The molecule has 0 unspecified atom stereocenters. The maximum Gasteiger partial charge on any atom is 0.261 e. The van der Waals surface area contributed by atoms with Gasteiger partial charge in [0.05, 0.1) is 15.1 Å². The van der Waals surface area contributed by atoms with E-state index < -0.39 is 10.0 Å². The highest BCUT2D eigenvalue weighted by Gasteiger charge is 2.21. The van der Waals surface area contributed by atoms with Gasteiger partial charge in [-0.3, -0.25) is 9.52 Å². The molecule has 0 aliphatic heterocycles. The van der Waals surface area contributed by atoms with E-state index in [9.17, 15) is 13.2 Å². The average Bonchev–Trinajstić information content (AvgIpc) is 3.39. The molecule has 36 heavy (non-hydrogen) atoms. The van der Waals surface area contributed by atoms with E-state index in [1.54, 1.807) is 53.8 Å². The number of anilines is 2. The van der Waals surface area contributed by atoms with Gasteiger partial charge in [-0.15, -0.1) is 22.7 Å². The van der Waals surface area contributed by atoms with Crippen molar-refractivity contribution in [3.05, 3.63) is 94.4 Å². The Kier molecular flexibility index (Phi) is 6.38. The zero-order valence-corrected chi connectivity index (χ0v) is 22.3. The molecule has 0 atom stereocenters. The number of sulfonamides is 1. The van der Waals surface area contributed by atoms with E-state index in [-0.39, 0.29) is 10.8 Å². The van der Waals surface area contributed by atoms with Crippen molar-refractivity contribution < 1.29 is 13.2 Å². The van der Waals surface area contributed by atoms with Gasteiger partial charge in [0, 0.05) is 21.7 Å². The average molecular weight is 534 g/mol. The van der Waals surface area contributed by atoms with Crippen LogP contribution in [0.5, 0.6) is 0 Å². The lowest BCUT2D eigenvalue weighted by atomic mass is 10.1. The van der Waals surface area contributed by atoms with Gasteiger partial charge < -0.3 is 5.32 Å². The zero-order valence-electron chi connectivity index (χ0n) is 19.8. The van der Waals surface area contributed by atoms with Gasteiger partial charge >= 0.3 is 0 Å². The molecule has 5 rings (SSSR count). The molecule has 182 valence electrons. The molecule has 3 aromatic carbocycles. The molecule has 5 aromatic rings. The van der Waals surface area contributed by atoms with Crippen LogP contribution in [0.2, 0.25) is 0 Å². The van der Waals surface area contributed by atoms with Gasteiger partial charge in [0.15, 0.2) is 0 Å². The molecule has 2 N–H and O–H groups in total. The second-order valence-electron chi connectivity index (χ2n) is 8.43. The smallest absolute Gasteiger partial charge is 0.261 e. The fourth-order valence-corrected chi connectivity index (χ4v) is 7.03. The summed E-state index contributed by atoms with van der Waals surface area (Å²) in [5, 5.41) is 4.60. The fraction of sp³-hybridized carbons (Fsp3) is 0.111. The number of thiazole rings is 1. The minimum atomic E-state index is -3.78. The second-order valence-corrected chi connectivity index (χ2v) is 12.4. The molecule has 2 aromatic heterocycles. The van der Waals surface area contributed by atoms with E-state index >= 15 is 0 Å². The van der Waals surface area contributed by atoms with E-state index in [0.29, 0.717) is 11.3 Å². The molecule has 0 spiro atoms. The van der Waals surface area contributed by atoms with Crippen LogP contribution in [0.25, 0.3) is 20.8 Å². The number of benzene rings is 3. The van der Waals surface area contributed by atoms with Crippen molar-refractivity contribution in [2.75, 3.05) is 10.0 Å². The Morgan fingerprint density at radius 1 is 0.889 bits per heavy atom. The molecule has 0 aliphatic rings. The monoisotopic (exact) mass is 533 g/mol.